The zero-order valence-electron chi connectivity index (χ0n) is 11.4. The van der Waals surface area contributed by atoms with E-state index in [4.69, 9.17) is 8.85 Å². The van der Waals surface area contributed by atoms with Crippen LogP contribution in [0.5, 0.6) is 0 Å². The summed E-state index contributed by atoms with van der Waals surface area (Å²) in [5.41, 5.74) is 4.23. The van der Waals surface area contributed by atoms with E-state index < -0.39 is 8.56 Å². The Bertz CT molecular complexity index is 329. The Hall–Kier alpha value is -0.123. The number of allylic oxidation sites excluding steroid dienone is 2. The second kappa shape index (κ2) is 3.69. The van der Waals surface area contributed by atoms with Gasteiger partial charge < -0.3 is 8.85 Å². The summed E-state index contributed by atoms with van der Waals surface area (Å²) in [6.07, 6.45) is 2.57. The zero-order chi connectivity index (χ0) is 12.1. The van der Waals surface area contributed by atoms with E-state index in [1.807, 2.05) is 0 Å². The van der Waals surface area contributed by atoms with Crippen LogP contribution < -0.4 is 0 Å². The molecule has 16 heavy (non-hydrogen) atoms. The van der Waals surface area contributed by atoms with Gasteiger partial charge in [-0.05, 0) is 37.6 Å². The number of fused-ring (bicyclic) bond motifs is 2. The smallest absolute Gasteiger partial charge is 0.341 e. The Morgan fingerprint density at radius 2 is 1.81 bits per heavy atom. The van der Waals surface area contributed by atoms with Crippen LogP contribution >= 0.6 is 0 Å². The summed E-state index contributed by atoms with van der Waals surface area (Å²) >= 11 is 0. The van der Waals surface area contributed by atoms with Crippen LogP contribution in [0.2, 0.25) is 12.1 Å². The molecule has 0 aliphatic heterocycles. The molecule has 3 aliphatic carbocycles. The van der Waals surface area contributed by atoms with E-state index in [-0.39, 0.29) is 0 Å². The van der Waals surface area contributed by atoms with Crippen LogP contribution in [0.25, 0.3) is 0 Å². The predicted octanol–water partition coefficient (Wildman–Crippen LogP) is 3.49. The Labute approximate surface area is 100 Å². The van der Waals surface area contributed by atoms with Crippen molar-refractivity contribution in [3.63, 3.8) is 0 Å². The first-order valence-electron chi connectivity index (χ1n) is 6.17. The maximum atomic E-state index is 5.72. The predicted molar refractivity (Wildman–Crippen MR) is 68.6 cm³/mol. The first kappa shape index (κ1) is 12.3. The summed E-state index contributed by atoms with van der Waals surface area (Å²) in [5.74, 6) is 0.841. The van der Waals surface area contributed by atoms with Crippen molar-refractivity contribution in [3.05, 3.63) is 11.1 Å². The Morgan fingerprint density at radius 1 is 1.25 bits per heavy atom. The molecule has 3 heteroatoms. The fraction of sp³-hybridized carbons (Fsp3) is 0.846. The van der Waals surface area contributed by atoms with Gasteiger partial charge in [-0.1, -0.05) is 25.0 Å². The van der Waals surface area contributed by atoms with Crippen molar-refractivity contribution in [2.45, 2.75) is 45.7 Å². The highest BCUT2D eigenvalue weighted by Gasteiger charge is 2.55. The molecule has 0 aromatic rings. The van der Waals surface area contributed by atoms with Gasteiger partial charge in [0.05, 0.1) is 0 Å². The van der Waals surface area contributed by atoms with Gasteiger partial charge in [-0.25, -0.2) is 0 Å². The summed E-state index contributed by atoms with van der Waals surface area (Å²) < 4.78 is 11.4. The highest BCUT2D eigenvalue weighted by Crippen LogP contribution is 2.62. The number of hydrogen-bond acceptors (Lipinski definition) is 2. The van der Waals surface area contributed by atoms with Crippen molar-refractivity contribution in [3.8, 4) is 0 Å². The Kier molecular flexibility index (Phi) is 2.84. The van der Waals surface area contributed by atoms with Crippen LogP contribution in [-0.2, 0) is 8.85 Å². The van der Waals surface area contributed by atoms with E-state index >= 15 is 0 Å². The van der Waals surface area contributed by atoms with Crippen molar-refractivity contribution < 1.29 is 8.85 Å². The fourth-order valence-corrected chi connectivity index (χ4v) is 5.98. The standard InChI is InChI=1S/C13H24O2Si/c1-9-11-7-10(13(11,2)3)8-12(9)16(6,14-4)15-5/h10,12H,7-8H2,1-6H3. The van der Waals surface area contributed by atoms with Gasteiger partial charge in [0.2, 0.25) is 0 Å². The average Bonchev–Trinajstić information content (AvgIpc) is 2.27. The summed E-state index contributed by atoms with van der Waals surface area (Å²) in [6.45, 7) is 9.25. The monoisotopic (exact) mass is 240 g/mol. The first-order chi connectivity index (χ1) is 7.36. The second-order valence-corrected chi connectivity index (χ2v) is 9.54. The van der Waals surface area contributed by atoms with Gasteiger partial charge in [-0.3, -0.25) is 0 Å². The number of hydrogen-bond donors (Lipinski definition) is 0. The highest BCUT2D eigenvalue weighted by molar-refractivity contribution is 6.68. The number of rotatable bonds is 3. The van der Waals surface area contributed by atoms with Gasteiger partial charge in [-0.15, -0.1) is 0 Å². The van der Waals surface area contributed by atoms with E-state index in [2.05, 4.69) is 27.3 Å². The van der Waals surface area contributed by atoms with Gasteiger partial charge in [-0.2, -0.15) is 0 Å². The molecule has 3 aliphatic rings. The lowest BCUT2D eigenvalue weighted by Crippen LogP contribution is -2.51. The van der Waals surface area contributed by atoms with Gasteiger partial charge in [0, 0.05) is 19.8 Å². The third-order valence-corrected chi connectivity index (χ3v) is 8.77. The summed E-state index contributed by atoms with van der Waals surface area (Å²) in [4.78, 5) is 0. The van der Waals surface area contributed by atoms with Gasteiger partial charge >= 0.3 is 8.56 Å². The third kappa shape index (κ3) is 1.45. The van der Waals surface area contributed by atoms with Crippen LogP contribution in [0.4, 0.5) is 0 Å². The second-order valence-electron chi connectivity index (χ2n) is 6.00. The molecule has 0 radical (unpaired) electrons. The third-order valence-electron chi connectivity index (χ3n) is 5.21. The molecule has 0 N–H and O–H groups in total. The minimum atomic E-state index is -1.99. The van der Waals surface area contributed by atoms with E-state index in [9.17, 15) is 0 Å². The van der Waals surface area contributed by atoms with E-state index in [0.717, 1.165) is 5.92 Å². The summed E-state index contributed by atoms with van der Waals surface area (Å²) in [6, 6.07) is 0. The van der Waals surface area contributed by atoms with Crippen LogP contribution in [-0.4, -0.2) is 22.8 Å². The minimum absolute atomic E-state index is 0.442. The molecule has 2 nitrogen and oxygen atoms in total. The molecule has 2 atom stereocenters. The zero-order valence-corrected chi connectivity index (χ0v) is 12.4. The van der Waals surface area contributed by atoms with Crippen molar-refractivity contribution in [2.24, 2.45) is 11.3 Å². The van der Waals surface area contributed by atoms with Crippen molar-refractivity contribution in [1.29, 1.82) is 0 Å². The molecule has 2 bridgehead atoms. The maximum Gasteiger partial charge on any atom is 0.341 e. The van der Waals surface area contributed by atoms with Crippen LogP contribution in [0.1, 0.15) is 33.6 Å². The largest absolute Gasteiger partial charge is 0.397 e. The molecule has 3 rings (SSSR count). The molecular weight excluding hydrogens is 216 g/mol. The van der Waals surface area contributed by atoms with Crippen LogP contribution in [0.15, 0.2) is 11.1 Å². The lowest BCUT2D eigenvalue weighted by molar-refractivity contribution is 0.120. The van der Waals surface area contributed by atoms with Crippen LogP contribution in [0.3, 0.4) is 0 Å². The van der Waals surface area contributed by atoms with Gasteiger partial charge in [0.25, 0.3) is 0 Å². The van der Waals surface area contributed by atoms with E-state index in [0.29, 0.717) is 11.0 Å². The van der Waals surface area contributed by atoms with E-state index in [1.54, 1.807) is 25.4 Å². The van der Waals surface area contributed by atoms with Crippen molar-refractivity contribution >= 4 is 8.56 Å². The molecule has 0 saturated heterocycles. The molecule has 0 amide bonds. The minimum Gasteiger partial charge on any atom is -0.397 e. The summed E-state index contributed by atoms with van der Waals surface area (Å²) in [7, 11) is 1.62. The molecule has 0 aromatic heterocycles. The SMILES string of the molecule is CO[Si](C)(OC)C1CC2CC(=C1C)C2(C)C. The average molecular weight is 240 g/mol. The molecule has 0 aromatic carbocycles. The normalized spacial score (nSPS) is 32.6. The molecule has 92 valence electrons. The molecular formula is C13H24O2Si. The first-order valence-corrected chi connectivity index (χ1v) is 8.56. The topological polar surface area (TPSA) is 18.5 Å². The maximum absolute atomic E-state index is 5.72. The molecule has 2 unspecified atom stereocenters. The van der Waals surface area contributed by atoms with Crippen LogP contribution in [0, 0.1) is 11.3 Å². The van der Waals surface area contributed by atoms with Gasteiger partial charge in [0.1, 0.15) is 0 Å². The fourth-order valence-electron chi connectivity index (χ4n) is 3.57. The summed E-state index contributed by atoms with van der Waals surface area (Å²) in [5, 5.41) is 0. The van der Waals surface area contributed by atoms with Gasteiger partial charge in [0.15, 0.2) is 0 Å². The Morgan fingerprint density at radius 3 is 2.19 bits per heavy atom. The quantitative estimate of drug-likeness (QED) is 0.555. The lowest BCUT2D eigenvalue weighted by Gasteiger charge is -2.56. The lowest BCUT2D eigenvalue weighted by atomic mass is 9.52. The van der Waals surface area contributed by atoms with Crippen molar-refractivity contribution in [2.75, 3.05) is 14.2 Å². The molecule has 1 saturated carbocycles. The highest BCUT2D eigenvalue weighted by atomic mass is 28.4. The molecule has 0 spiro atoms. The Balaban J connectivity index is 2.32. The molecule has 0 heterocycles. The van der Waals surface area contributed by atoms with E-state index in [1.165, 1.54) is 12.8 Å². The van der Waals surface area contributed by atoms with Crippen molar-refractivity contribution in [1.82, 2.24) is 0 Å². The molecule has 1 fully saturated rings.